The molecule has 2 aromatic heterocycles. The second-order valence-electron chi connectivity index (χ2n) is 6.91. The lowest BCUT2D eigenvalue weighted by atomic mass is 10.0. The molecule has 0 saturated heterocycles. The molecule has 1 aromatic carbocycles. The quantitative estimate of drug-likeness (QED) is 0.632. The van der Waals surface area contributed by atoms with E-state index in [1.165, 1.54) is 12.4 Å². The zero-order chi connectivity index (χ0) is 20.5. The number of aliphatic hydroxyl groups excluding tert-OH is 1. The van der Waals surface area contributed by atoms with Crippen molar-refractivity contribution in [2.24, 2.45) is 7.05 Å². The van der Waals surface area contributed by atoms with Gasteiger partial charge in [0.25, 0.3) is 5.91 Å². The molecule has 1 unspecified atom stereocenters. The minimum Gasteiger partial charge on any atom is -0.383 e. The third-order valence-electron chi connectivity index (χ3n) is 4.90. The summed E-state index contributed by atoms with van der Waals surface area (Å²) in [4.78, 5) is 20.6. The molecule has 7 nitrogen and oxygen atoms in total. The Morgan fingerprint density at radius 1 is 1.31 bits per heavy atom. The number of nitrogens with zero attached hydrogens (tertiary/aromatic N) is 3. The summed E-state index contributed by atoms with van der Waals surface area (Å²) >= 11 is 0. The highest BCUT2D eigenvalue weighted by Gasteiger charge is 2.21. The molecule has 1 aliphatic carbocycles. The summed E-state index contributed by atoms with van der Waals surface area (Å²) in [6.07, 6.45) is 5.57. The molecule has 0 spiro atoms. The summed E-state index contributed by atoms with van der Waals surface area (Å²) in [5.74, 6) is -0.554. The molecule has 0 saturated carbocycles. The van der Waals surface area contributed by atoms with Gasteiger partial charge in [0.1, 0.15) is 23.6 Å². The largest absolute Gasteiger partial charge is 0.383 e. The predicted octanol–water partition coefficient (Wildman–Crippen LogP) is 3.09. The van der Waals surface area contributed by atoms with Gasteiger partial charge in [-0.25, -0.2) is 14.4 Å². The number of anilines is 2. The standard InChI is InChI=1S/C21H20FN5O2/c1-27-10-16(17-19(23)24-11-25-20(17)27)12-5-7-15(8-6-12)26-21(29)18(28)13-3-2-4-14(22)9-13/h3,5-11,18,28H,2,4H2,1H3,(H,26,29)(H2,23,24,25). The van der Waals surface area contributed by atoms with Gasteiger partial charge in [-0.15, -0.1) is 0 Å². The molecule has 4 N–H and O–H groups in total. The fourth-order valence-corrected chi connectivity index (χ4v) is 3.43. The van der Waals surface area contributed by atoms with Gasteiger partial charge in [-0.3, -0.25) is 4.79 Å². The first kappa shape index (κ1) is 18.8. The number of aliphatic hydroxyl groups is 1. The number of allylic oxidation sites excluding steroid dienone is 2. The van der Waals surface area contributed by atoms with E-state index < -0.39 is 12.0 Å². The SMILES string of the molecule is Cn1cc(-c2ccc(NC(=O)C(O)C3=CCCC(F)=C3)cc2)c2c(N)ncnc21. The van der Waals surface area contributed by atoms with Crippen LogP contribution in [0.4, 0.5) is 15.9 Å². The minimum atomic E-state index is -1.42. The molecule has 3 aromatic rings. The van der Waals surface area contributed by atoms with Crippen LogP contribution in [0.25, 0.3) is 22.2 Å². The van der Waals surface area contributed by atoms with E-state index in [2.05, 4.69) is 15.3 Å². The zero-order valence-corrected chi connectivity index (χ0v) is 15.8. The molecule has 1 amide bonds. The van der Waals surface area contributed by atoms with E-state index >= 15 is 0 Å². The summed E-state index contributed by atoms with van der Waals surface area (Å²) in [5.41, 5.74) is 9.32. The lowest BCUT2D eigenvalue weighted by Crippen LogP contribution is -2.29. The fourth-order valence-electron chi connectivity index (χ4n) is 3.43. The first-order valence-corrected chi connectivity index (χ1v) is 9.15. The van der Waals surface area contributed by atoms with Gasteiger partial charge in [0.2, 0.25) is 0 Å². The van der Waals surface area contributed by atoms with E-state index in [0.717, 1.165) is 22.2 Å². The first-order chi connectivity index (χ1) is 13.9. The summed E-state index contributed by atoms with van der Waals surface area (Å²) in [6.45, 7) is 0. The number of halogens is 1. The Morgan fingerprint density at radius 3 is 2.79 bits per heavy atom. The van der Waals surface area contributed by atoms with Crippen LogP contribution in [0.5, 0.6) is 0 Å². The lowest BCUT2D eigenvalue weighted by molar-refractivity contribution is -0.122. The summed E-state index contributed by atoms with van der Waals surface area (Å²) in [5, 5.41) is 13.6. The summed E-state index contributed by atoms with van der Waals surface area (Å²) in [7, 11) is 1.88. The first-order valence-electron chi connectivity index (χ1n) is 9.15. The molecule has 0 radical (unpaired) electrons. The van der Waals surface area contributed by atoms with Crippen molar-refractivity contribution in [1.29, 1.82) is 0 Å². The number of fused-ring (bicyclic) bond motifs is 1. The maximum Gasteiger partial charge on any atom is 0.257 e. The molecular weight excluding hydrogens is 373 g/mol. The van der Waals surface area contributed by atoms with Gasteiger partial charge in [-0.05, 0) is 35.8 Å². The van der Waals surface area contributed by atoms with E-state index in [-0.39, 0.29) is 11.4 Å². The summed E-state index contributed by atoms with van der Waals surface area (Å²) < 4.78 is 15.3. The number of amides is 1. The van der Waals surface area contributed by atoms with Crippen molar-refractivity contribution in [3.63, 3.8) is 0 Å². The number of rotatable bonds is 4. The third-order valence-corrected chi connectivity index (χ3v) is 4.90. The van der Waals surface area contributed by atoms with E-state index in [0.29, 0.717) is 24.3 Å². The van der Waals surface area contributed by atoms with Gasteiger partial charge in [-0.2, -0.15) is 0 Å². The Morgan fingerprint density at radius 2 is 2.07 bits per heavy atom. The molecule has 8 heteroatoms. The molecular formula is C21H20FN5O2. The molecule has 4 rings (SSSR count). The highest BCUT2D eigenvalue weighted by atomic mass is 19.1. The van der Waals surface area contributed by atoms with E-state index in [1.54, 1.807) is 18.2 Å². The summed E-state index contributed by atoms with van der Waals surface area (Å²) in [6, 6.07) is 7.13. The van der Waals surface area contributed by atoms with Gasteiger partial charge in [0.05, 0.1) is 5.39 Å². The number of nitrogen functional groups attached to an aromatic ring is 1. The van der Waals surface area contributed by atoms with Crippen LogP contribution in [-0.2, 0) is 11.8 Å². The number of carbonyl (C=O) groups excluding carboxylic acids is 1. The molecule has 1 aliphatic rings. The van der Waals surface area contributed by atoms with E-state index in [1.807, 2.05) is 29.9 Å². The van der Waals surface area contributed by atoms with E-state index in [4.69, 9.17) is 5.73 Å². The molecule has 0 aliphatic heterocycles. The van der Waals surface area contributed by atoms with Gasteiger partial charge < -0.3 is 20.7 Å². The number of carbonyl (C=O) groups is 1. The second kappa shape index (κ2) is 7.48. The van der Waals surface area contributed by atoms with Gasteiger partial charge in [0.15, 0.2) is 6.10 Å². The zero-order valence-electron chi connectivity index (χ0n) is 15.8. The smallest absolute Gasteiger partial charge is 0.257 e. The number of benzene rings is 1. The van der Waals surface area contributed by atoms with Crippen LogP contribution in [0.1, 0.15) is 12.8 Å². The number of hydrogen-bond acceptors (Lipinski definition) is 5. The highest BCUT2D eigenvalue weighted by Crippen LogP contribution is 2.32. The van der Waals surface area contributed by atoms with Crippen LogP contribution >= 0.6 is 0 Å². The van der Waals surface area contributed by atoms with Crippen LogP contribution in [-0.4, -0.2) is 31.7 Å². The van der Waals surface area contributed by atoms with Crippen molar-refractivity contribution < 1.29 is 14.3 Å². The number of aromatic nitrogens is 3. The fraction of sp³-hybridized carbons (Fsp3) is 0.190. The molecule has 0 fully saturated rings. The van der Waals surface area contributed by atoms with Gasteiger partial charge >= 0.3 is 0 Å². The van der Waals surface area contributed by atoms with Crippen molar-refractivity contribution in [2.45, 2.75) is 18.9 Å². The van der Waals surface area contributed by atoms with Crippen LogP contribution in [0, 0.1) is 0 Å². The van der Waals surface area contributed by atoms with Gasteiger partial charge in [0, 0.05) is 30.9 Å². The molecule has 0 bridgehead atoms. The van der Waals surface area contributed by atoms with Crippen molar-refractivity contribution >= 4 is 28.4 Å². The highest BCUT2D eigenvalue weighted by molar-refractivity contribution is 6.01. The van der Waals surface area contributed by atoms with E-state index in [9.17, 15) is 14.3 Å². The monoisotopic (exact) mass is 393 g/mol. The normalized spacial score (nSPS) is 15.0. The molecule has 1 atom stereocenters. The van der Waals surface area contributed by atoms with Crippen LogP contribution in [0.15, 0.2) is 60.3 Å². The number of hydrogen-bond donors (Lipinski definition) is 3. The Balaban J connectivity index is 1.55. The predicted molar refractivity (Wildman–Crippen MR) is 110 cm³/mol. The van der Waals surface area contributed by atoms with Crippen molar-refractivity contribution in [2.75, 3.05) is 11.1 Å². The Kier molecular flexibility index (Phi) is 4.85. The number of aryl methyl sites for hydroxylation is 1. The molecule has 148 valence electrons. The van der Waals surface area contributed by atoms with Crippen molar-refractivity contribution in [3.8, 4) is 11.1 Å². The average Bonchev–Trinajstić information content (AvgIpc) is 3.06. The molecule has 2 heterocycles. The van der Waals surface area contributed by atoms with Crippen LogP contribution in [0.2, 0.25) is 0 Å². The number of nitrogens with one attached hydrogen (secondary N) is 1. The van der Waals surface area contributed by atoms with Crippen LogP contribution in [0.3, 0.4) is 0 Å². The Labute approximate surface area is 166 Å². The van der Waals surface area contributed by atoms with Crippen LogP contribution < -0.4 is 11.1 Å². The Hall–Kier alpha value is -3.52. The second-order valence-corrected chi connectivity index (χ2v) is 6.91. The lowest BCUT2D eigenvalue weighted by Gasteiger charge is -2.15. The maximum atomic E-state index is 13.4. The minimum absolute atomic E-state index is 0.272. The third kappa shape index (κ3) is 3.62. The average molecular weight is 393 g/mol. The van der Waals surface area contributed by atoms with Gasteiger partial charge in [-0.1, -0.05) is 18.2 Å². The molecule has 29 heavy (non-hydrogen) atoms. The van der Waals surface area contributed by atoms with Crippen molar-refractivity contribution in [1.82, 2.24) is 14.5 Å². The Bertz CT molecular complexity index is 1150. The topological polar surface area (TPSA) is 106 Å². The number of nitrogens with two attached hydrogens (primary N) is 1. The van der Waals surface area contributed by atoms with Crippen molar-refractivity contribution in [3.05, 3.63) is 60.3 Å². The maximum absolute atomic E-state index is 13.4.